The van der Waals surface area contributed by atoms with Crippen LogP contribution in [0.3, 0.4) is 0 Å². The van der Waals surface area contributed by atoms with Gasteiger partial charge in [-0.25, -0.2) is 0 Å². The Morgan fingerprint density at radius 3 is 2.75 bits per heavy atom. The van der Waals surface area contributed by atoms with Gasteiger partial charge in [0.15, 0.2) is 0 Å². The van der Waals surface area contributed by atoms with Crippen LogP contribution in [0.2, 0.25) is 0 Å². The zero-order chi connectivity index (χ0) is 12.0. The number of rotatable bonds is 6. The summed E-state index contributed by atoms with van der Waals surface area (Å²) in [5.74, 6) is 0. The van der Waals surface area contributed by atoms with Gasteiger partial charge in [0, 0.05) is 37.9 Å². The average molecular weight is 223 g/mol. The Balaban J connectivity index is 2.31. The first-order valence-electron chi connectivity index (χ1n) is 5.67. The van der Waals surface area contributed by atoms with Gasteiger partial charge in [-0.2, -0.15) is 0 Å². The van der Waals surface area contributed by atoms with Gasteiger partial charge in [0.1, 0.15) is 0 Å². The van der Waals surface area contributed by atoms with Crippen molar-refractivity contribution in [1.82, 2.24) is 15.2 Å². The lowest BCUT2D eigenvalue weighted by atomic mass is 10.2. The molecule has 0 aliphatic heterocycles. The van der Waals surface area contributed by atoms with E-state index in [0.717, 1.165) is 25.2 Å². The molecule has 1 aromatic heterocycles. The van der Waals surface area contributed by atoms with Crippen LogP contribution >= 0.6 is 0 Å². The molecule has 1 heterocycles. The van der Waals surface area contributed by atoms with Crippen LogP contribution in [0.4, 0.5) is 0 Å². The summed E-state index contributed by atoms with van der Waals surface area (Å²) in [5, 5.41) is 3.37. The minimum Gasteiger partial charge on any atom is -0.329 e. The normalized spacial score (nSPS) is 11.3. The molecule has 0 amide bonds. The van der Waals surface area contributed by atoms with E-state index in [1.807, 2.05) is 6.07 Å². The van der Waals surface area contributed by atoms with E-state index < -0.39 is 0 Å². The van der Waals surface area contributed by atoms with Crippen molar-refractivity contribution in [3.63, 3.8) is 0 Å². The van der Waals surface area contributed by atoms with Crippen LogP contribution in [0.25, 0.3) is 0 Å². The molecule has 2 N–H and O–H groups in total. The lowest BCUT2D eigenvalue weighted by Crippen LogP contribution is -2.32. The molecule has 0 saturated carbocycles. The summed E-state index contributed by atoms with van der Waals surface area (Å²) in [4.78, 5) is 15.8. The van der Waals surface area contributed by atoms with E-state index in [9.17, 15) is 4.79 Å². The molecule has 0 bridgehead atoms. The summed E-state index contributed by atoms with van der Waals surface area (Å²) in [5.41, 5.74) is 1.08. The maximum Gasteiger partial charge on any atom is 0.247 e. The third-order valence-corrected chi connectivity index (χ3v) is 2.35. The minimum absolute atomic E-state index is 0.0483. The highest BCUT2D eigenvalue weighted by Gasteiger charge is 2.00. The molecule has 0 spiro atoms. The topological polar surface area (TPSA) is 48.1 Å². The van der Waals surface area contributed by atoms with Gasteiger partial charge in [-0.3, -0.25) is 4.79 Å². The maximum atomic E-state index is 10.9. The molecule has 90 valence electrons. The number of pyridine rings is 1. The summed E-state index contributed by atoms with van der Waals surface area (Å²) in [7, 11) is 2.08. The van der Waals surface area contributed by atoms with Crippen LogP contribution in [0.5, 0.6) is 0 Å². The number of likely N-dealkylation sites (N-methyl/N-ethyl adjacent to an activating group) is 1. The number of aromatic nitrogens is 1. The fraction of sp³-hybridized carbons (Fsp3) is 0.583. The second-order valence-corrected chi connectivity index (χ2v) is 4.41. The zero-order valence-electron chi connectivity index (χ0n) is 10.3. The average Bonchev–Trinajstić information content (AvgIpc) is 2.21. The molecule has 1 aromatic rings. The van der Waals surface area contributed by atoms with E-state index in [0.29, 0.717) is 6.04 Å². The SMILES string of the molecule is CC(C)NCCN(C)Cc1ccc(=O)[nH]c1. The number of hydrogen-bond donors (Lipinski definition) is 2. The molecule has 4 nitrogen and oxygen atoms in total. The molecule has 0 aliphatic carbocycles. The summed E-state index contributed by atoms with van der Waals surface area (Å²) < 4.78 is 0. The Labute approximate surface area is 96.7 Å². The van der Waals surface area contributed by atoms with Crippen molar-refractivity contribution < 1.29 is 0 Å². The highest BCUT2D eigenvalue weighted by molar-refractivity contribution is 5.08. The fourth-order valence-electron chi connectivity index (χ4n) is 1.48. The molecule has 1 rings (SSSR count). The number of H-pyrrole nitrogens is 1. The Kier molecular flexibility index (Phi) is 5.22. The van der Waals surface area contributed by atoms with Gasteiger partial charge < -0.3 is 15.2 Å². The van der Waals surface area contributed by atoms with Crippen LogP contribution in [-0.4, -0.2) is 36.1 Å². The van der Waals surface area contributed by atoms with E-state index in [-0.39, 0.29) is 5.56 Å². The van der Waals surface area contributed by atoms with Crippen molar-refractivity contribution in [1.29, 1.82) is 0 Å². The van der Waals surface area contributed by atoms with E-state index >= 15 is 0 Å². The molecule has 16 heavy (non-hydrogen) atoms. The second-order valence-electron chi connectivity index (χ2n) is 4.41. The minimum atomic E-state index is -0.0483. The quantitative estimate of drug-likeness (QED) is 0.750. The summed E-state index contributed by atoms with van der Waals surface area (Å²) in [6.07, 6.45) is 1.77. The summed E-state index contributed by atoms with van der Waals surface area (Å²) in [6, 6.07) is 3.96. The van der Waals surface area contributed by atoms with Gasteiger partial charge >= 0.3 is 0 Å². The van der Waals surface area contributed by atoms with Crippen LogP contribution in [-0.2, 0) is 6.54 Å². The molecule has 0 atom stereocenters. The van der Waals surface area contributed by atoms with Gasteiger partial charge in [0.2, 0.25) is 5.56 Å². The van der Waals surface area contributed by atoms with Crippen molar-refractivity contribution in [2.45, 2.75) is 26.4 Å². The monoisotopic (exact) mass is 223 g/mol. The molecule has 0 radical (unpaired) electrons. The van der Waals surface area contributed by atoms with Crippen LogP contribution in [0, 0.1) is 0 Å². The van der Waals surface area contributed by atoms with Crippen molar-refractivity contribution >= 4 is 0 Å². The highest BCUT2D eigenvalue weighted by atomic mass is 16.1. The smallest absolute Gasteiger partial charge is 0.247 e. The van der Waals surface area contributed by atoms with E-state index in [4.69, 9.17) is 0 Å². The van der Waals surface area contributed by atoms with Gasteiger partial charge in [-0.05, 0) is 12.6 Å². The molecule has 0 fully saturated rings. The number of aromatic amines is 1. The van der Waals surface area contributed by atoms with Crippen molar-refractivity contribution in [3.8, 4) is 0 Å². The first-order chi connectivity index (χ1) is 7.58. The Morgan fingerprint density at radius 2 is 2.19 bits per heavy atom. The number of nitrogens with zero attached hydrogens (tertiary/aromatic N) is 1. The zero-order valence-corrected chi connectivity index (χ0v) is 10.3. The number of hydrogen-bond acceptors (Lipinski definition) is 3. The second kappa shape index (κ2) is 6.45. The Morgan fingerprint density at radius 1 is 1.44 bits per heavy atom. The van der Waals surface area contributed by atoms with Crippen molar-refractivity contribution in [2.24, 2.45) is 0 Å². The maximum absolute atomic E-state index is 10.9. The Hall–Kier alpha value is -1.13. The lowest BCUT2D eigenvalue weighted by molar-refractivity contribution is 0.319. The molecule has 0 unspecified atom stereocenters. The van der Waals surface area contributed by atoms with Gasteiger partial charge in [0.05, 0.1) is 0 Å². The molecule has 0 saturated heterocycles. The highest BCUT2D eigenvalue weighted by Crippen LogP contribution is 1.98. The Bertz CT molecular complexity index is 339. The molecule has 4 heteroatoms. The standard InChI is InChI=1S/C12H21N3O/c1-10(2)13-6-7-15(3)9-11-4-5-12(16)14-8-11/h4-5,8,10,13H,6-7,9H2,1-3H3,(H,14,16). The summed E-state index contributed by atoms with van der Waals surface area (Å²) >= 11 is 0. The predicted octanol–water partition coefficient (Wildman–Crippen LogP) is 0.805. The van der Waals surface area contributed by atoms with Gasteiger partial charge in [-0.15, -0.1) is 0 Å². The third kappa shape index (κ3) is 5.09. The fourth-order valence-corrected chi connectivity index (χ4v) is 1.48. The van der Waals surface area contributed by atoms with Gasteiger partial charge in [0.25, 0.3) is 0 Å². The van der Waals surface area contributed by atoms with Crippen LogP contribution in [0.15, 0.2) is 23.1 Å². The predicted molar refractivity (Wildman–Crippen MR) is 66.5 cm³/mol. The number of nitrogens with one attached hydrogen (secondary N) is 2. The lowest BCUT2D eigenvalue weighted by Gasteiger charge is -2.17. The van der Waals surface area contributed by atoms with E-state index in [2.05, 4.69) is 36.1 Å². The molecular weight excluding hydrogens is 202 g/mol. The van der Waals surface area contributed by atoms with Crippen molar-refractivity contribution in [2.75, 3.05) is 20.1 Å². The molecule has 0 aliphatic rings. The van der Waals surface area contributed by atoms with Gasteiger partial charge in [-0.1, -0.05) is 19.9 Å². The molecular formula is C12H21N3O. The van der Waals surface area contributed by atoms with E-state index in [1.54, 1.807) is 12.3 Å². The van der Waals surface area contributed by atoms with Crippen LogP contribution in [0.1, 0.15) is 19.4 Å². The first-order valence-corrected chi connectivity index (χ1v) is 5.67. The van der Waals surface area contributed by atoms with Crippen molar-refractivity contribution in [3.05, 3.63) is 34.2 Å². The summed E-state index contributed by atoms with van der Waals surface area (Å²) in [6.45, 7) is 7.12. The molecule has 0 aromatic carbocycles. The third-order valence-electron chi connectivity index (χ3n) is 2.35. The largest absolute Gasteiger partial charge is 0.329 e. The van der Waals surface area contributed by atoms with Crippen LogP contribution < -0.4 is 10.9 Å². The first kappa shape index (κ1) is 12.9. The van der Waals surface area contributed by atoms with E-state index in [1.165, 1.54) is 0 Å².